The molecule has 0 aliphatic heterocycles. The standard InChI is InChI=1S/C14H20N4O/c1-4-7-15-9-13-10-16-17-18(13)12-5-6-14(19-3)11(2)8-12/h5-6,8,10,15H,4,7,9H2,1-3H3. The number of aryl methyl sites for hydroxylation is 1. The van der Waals surface area contributed by atoms with Crippen LogP contribution >= 0.6 is 0 Å². The van der Waals surface area contributed by atoms with E-state index in [9.17, 15) is 0 Å². The number of benzene rings is 1. The van der Waals surface area contributed by atoms with Crippen molar-refractivity contribution in [3.05, 3.63) is 35.7 Å². The summed E-state index contributed by atoms with van der Waals surface area (Å²) in [4.78, 5) is 0. The zero-order valence-corrected chi connectivity index (χ0v) is 11.7. The minimum Gasteiger partial charge on any atom is -0.496 e. The molecule has 1 N–H and O–H groups in total. The molecule has 0 amide bonds. The number of rotatable bonds is 6. The van der Waals surface area contributed by atoms with Gasteiger partial charge in [0.2, 0.25) is 0 Å². The van der Waals surface area contributed by atoms with Crippen LogP contribution in [0.15, 0.2) is 24.4 Å². The second-order valence-electron chi connectivity index (χ2n) is 4.47. The van der Waals surface area contributed by atoms with E-state index in [0.29, 0.717) is 0 Å². The Labute approximate surface area is 113 Å². The van der Waals surface area contributed by atoms with Gasteiger partial charge in [-0.15, -0.1) is 5.10 Å². The van der Waals surface area contributed by atoms with Gasteiger partial charge >= 0.3 is 0 Å². The third kappa shape index (κ3) is 3.12. The Balaban J connectivity index is 2.22. The van der Waals surface area contributed by atoms with Gasteiger partial charge in [0.05, 0.1) is 24.7 Å². The van der Waals surface area contributed by atoms with Gasteiger partial charge in [0.25, 0.3) is 0 Å². The predicted octanol–water partition coefficient (Wildman–Crippen LogP) is 2.08. The first kappa shape index (κ1) is 13.5. The Morgan fingerprint density at radius 2 is 2.21 bits per heavy atom. The van der Waals surface area contributed by atoms with Crippen LogP contribution in [0.4, 0.5) is 0 Å². The highest BCUT2D eigenvalue weighted by Crippen LogP contribution is 2.21. The molecule has 2 rings (SSSR count). The van der Waals surface area contributed by atoms with E-state index in [1.54, 1.807) is 13.3 Å². The second-order valence-corrected chi connectivity index (χ2v) is 4.47. The maximum atomic E-state index is 5.27. The number of aromatic nitrogens is 3. The Morgan fingerprint density at radius 1 is 1.37 bits per heavy atom. The summed E-state index contributed by atoms with van der Waals surface area (Å²) in [6.45, 7) is 5.93. The zero-order chi connectivity index (χ0) is 13.7. The lowest BCUT2D eigenvalue weighted by Crippen LogP contribution is -2.16. The number of hydrogen-bond acceptors (Lipinski definition) is 4. The number of nitrogens with one attached hydrogen (secondary N) is 1. The van der Waals surface area contributed by atoms with Crippen LogP contribution in [-0.2, 0) is 6.54 Å². The van der Waals surface area contributed by atoms with Crippen molar-refractivity contribution >= 4 is 0 Å². The SMILES string of the molecule is CCCNCc1cnnn1-c1ccc(OC)c(C)c1. The molecule has 0 spiro atoms. The van der Waals surface area contributed by atoms with E-state index < -0.39 is 0 Å². The molecule has 0 bridgehead atoms. The molecule has 5 nitrogen and oxygen atoms in total. The highest BCUT2D eigenvalue weighted by atomic mass is 16.5. The fourth-order valence-electron chi connectivity index (χ4n) is 1.98. The van der Waals surface area contributed by atoms with Crippen LogP contribution in [0, 0.1) is 6.92 Å². The van der Waals surface area contributed by atoms with Crippen LogP contribution in [0.25, 0.3) is 5.69 Å². The van der Waals surface area contributed by atoms with E-state index in [-0.39, 0.29) is 0 Å². The molecule has 1 aromatic carbocycles. The molecule has 5 heteroatoms. The Hall–Kier alpha value is -1.88. The molecule has 0 aliphatic rings. The van der Waals surface area contributed by atoms with E-state index in [4.69, 9.17) is 4.74 Å². The van der Waals surface area contributed by atoms with Crippen molar-refractivity contribution in [2.45, 2.75) is 26.8 Å². The summed E-state index contributed by atoms with van der Waals surface area (Å²) in [5.74, 6) is 0.884. The molecule has 1 aromatic heterocycles. The minimum absolute atomic E-state index is 0.770. The first-order valence-electron chi connectivity index (χ1n) is 6.51. The molecule has 19 heavy (non-hydrogen) atoms. The van der Waals surface area contributed by atoms with E-state index in [1.807, 2.05) is 23.7 Å². The van der Waals surface area contributed by atoms with Crippen LogP contribution in [0.5, 0.6) is 5.75 Å². The fourth-order valence-corrected chi connectivity index (χ4v) is 1.98. The normalized spacial score (nSPS) is 10.7. The third-order valence-electron chi connectivity index (χ3n) is 2.98. The number of methoxy groups -OCH3 is 1. The Kier molecular flexibility index (Phi) is 4.52. The third-order valence-corrected chi connectivity index (χ3v) is 2.98. The van der Waals surface area contributed by atoms with Crippen LogP contribution in [0.3, 0.4) is 0 Å². The molecule has 0 fully saturated rings. The summed E-state index contributed by atoms with van der Waals surface area (Å²) >= 11 is 0. The minimum atomic E-state index is 0.770. The lowest BCUT2D eigenvalue weighted by atomic mass is 10.2. The van der Waals surface area contributed by atoms with Crippen LogP contribution in [-0.4, -0.2) is 28.6 Å². The van der Waals surface area contributed by atoms with Gasteiger partial charge in [0.15, 0.2) is 0 Å². The summed E-state index contributed by atoms with van der Waals surface area (Å²) in [5, 5.41) is 11.5. The largest absolute Gasteiger partial charge is 0.496 e. The molecule has 1 heterocycles. The molecular weight excluding hydrogens is 240 g/mol. The lowest BCUT2D eigenvalue weighted by molar-refractivity contribution is 0.411. The molecule has 0 unspecified atom stereocenters. The summed E-state index contributed by atoms with van der Waals surface area (Å²) in [6.07, 6.45) is 2.91. The molecule has 0 aliphatic carbocycles. The molecule has 102 valence electrons. The molecule has 0 atom stereocenters. The van der Waals surface area contributed by atoms with Gasteiger partial charge in [0, 0.05) is 6.54 Å². The molecule has 2 aromatic rings. The summed E-state index contributed by atoms with van der Waals surface area (Å²) in [5.41, 5.74) is 3.14. The van der Waals surface area contributed by atoms with Gasteiger partial charge in [-0.05, 0) is 43.7 Å². The highest BCUT2D eigenvalue weighted by Gasteiger charge is 2.07. The Morgan fingerprint density at radius 3 is 2.89 bits per heavy atom. The summed E-state index contributed by atoms with van der Waals surface area (Å²) in [6, 6.07) is 6.00. The smallest absolute Gasteiger partial charge is 0.121 e. The van der Waals surface area contributed by atoms with Crippen LogP contribution < -0.4 is 10.1 Å². The first-order chi connectivity index (χ1) is 9.26. The summed E-state index contributed by atoms with van der Waals surface area (Å²) < 4.78 is 7.13. The quantitative estimate of drug-likeness (QED) is 0.808. The number of nitrogens with zero attached hydrogens (tertiary/aromatic N) is 3. The average molecular weight is 260 g/mol. The van der Waals surface area contributed by atoms with Crippen molar-refractivity contribution in [2.24, 2.45) is 0 Å². The van der Waals surface area contributed by atoms with E-state index in [0.717, 1.165) is 42.2 Å². The van der Waals surface area contributed by atoms with Gasteiger partial charge in [0.1, 0.15) is 5.75 Å². The van der Waals surface area contributed by atoms with Crippen LogP contribution in [0.1, 0.15) is 24.6 Å². The van der Waals surface area contributed by atoms with Crippen molar-refractivity contribution in [2.75, 3.05) is 13.7 Å². The van der Waals surface area contributed by atoms with Crippen molar-refractivity contribution in [1.29, 1.82) is 0 Å². The van der Waals surface area contributed by atoms with Gasteiger partial charge < -0.3 is 10.1 Å². The monoisotopic (exact) mass is 260 g/mol. The van der Waals surface area contributed by atoms with Crippen molar-refractivity contribution < 1.29 is 4.74 Å². The topological polar surface area (TPSA) is 52.0 Å². The first-order valence-corrected chi connectivity index (χ1v) is 6.51. The molecule has 0 radical (unpaired) electrons. The number of ether oxygens (including phenoxy) is 1. The average Bonchev–Trinajstić information content (AvgIpc) is 2.87. The van der Waals surface area contributed by atoms with Gasteiger partial charge in [-0.3, -0.25) is 0 Å². The highest BCUT2D eigenvalue weighted by molar-refractivity contribution is 5.43. The van der Waals surface area contributed by atoms with Crippen molar-refractivity contribution in [3.63, 3.8) is 0 Å². The van der Waals surface area contributed by atoms with E-state index in [1.165, 1.54) is 0 Å². The maximum Gasteiger partial charge on any atom is 0.121 e. The molecule has 0 saturated carbocycles. The second kappa shape index (κ2) is 6.33. The van der Waals surface area contributed by atoms with E-state index >= 15 is 0 Å². The van der Waals surface area contributed by atoms with E-state index in [2.05, 4.69) is 28.6 Å². The van der Waals surface area contributed by atoms with Crippen molar-refractivity contribution in [3.8, 4) is 11.4 Å². The Bertz CT molecular complexity index is 536. The molecular formula is C14H20N4O. The summed E-state index contributed by atoms with van der Waals surface area (Å²) in [7, 11) is 1.68. The molecule has 0 saturated heterocycles. The van der Waals surface area contributed by atoms with Crippen molar-refractivity contribution in [1.82, 2.24) is 20.3 Å². The zero-order valence-electron chi connectivity index (χ0n) is 11.7. The lowest BCUT2D eigenvalue weighted by Gasteiger charge is -2.10. The fraction of sp³-hybridized carbons (Fsp3) is 0.429. The van der Waals surface area contributed by atoms with Gasteiger partial charge in [-0.25, -0.2) is 4.68 Å². The predicted molar refractivity (Wildman–Crippen MR) is 74.6 cm³/mol. The maximum absolute atomic E-state index is 5.27. The number of hydrogen-bond donors (Lipinski definition) is 1. The van der Waals surface area contributed by atoms with Gasteiger partial charge in [-0.1, -0.05) is 12.1 Å². The van der Waals surface area contributed by atoms with Crippen LogP contribution in [0.2, 0.25) is 0 Å². The van der Waals surface area contributed by atoms with Gasteiger partial charge in [-0.2, -0.15) is 0 Å².